The molecule has 0 radical (unpaired) electrons. The zero-order valence-electron chi connectivity index (χ0n) is 20.1. The number of amides is 1. The number of anilines is 1. The van der Waals surface area contributed by atoms with Gasteiger partial charge in [-0.15, -0.1) is 10.2 Å². The minimum Gasteiger partial charge on any atom is -0.494 e. The summed E-state index contributed by atoms with van der Waals surface area (Å²) in [7, 11) is 0. The van der Waals surface area contributed by atoms with Gasteiger partial charge in [0.1, 0.15) is 5.75 Å². The van der Waals surface area contributed by atoms with E-state index in [-0.39, 0.29) is 11.7 Å². The van der Waals surface area contributed by atoms with Gasteiger partial charge in [0.15, 0.2) is 11.0 Å². The van der Waals surface area contributed by atoms with E-state index >= 15 is 0 Å². The van der Waals surface area contributed by atoms with E-state index in [2.05, 4.69) is 21.6 Å². The fourth-order valence-electron chi connectivity index (χ4n) is 4.08. The Balaban J connectivity index is 1.42. The Morgan fingerprint density at radius 3 is 2.53 bits per heavy atom. The number of ether oxygens (including phenoxy) is 1. The van der Waals surface area contributed by atoms with Crippen LogP contribution in [-0.2, 0) is 4.79 Å². The highest BCUT2D eigenvalue weighted by atomic mass is 32.2. The van der Waals surface area contributed by atoms with Gasteiger partial charge in [-0.25, -0.2) is 0 Å². The number of hydrogen-bond acceptors (Lipinski definition) is 5. The molecule has 0 bridgehead atoms. The predicted molar refractivity (Wildman–Crippen MR) is 146 cm³/mol. The average molecular weight is 495 g/mol. The van der Waals surface area contributed by atoms with Gasteiger partial charge in [0.05, 0.1) is 12.4 Å². The van der Waals surface area contributed by atoms with Crippen molar-refractivity contribution >= 4 is 34.1 Å². The number of rotatable bonds is 8. The molecule has 6 nitrogen and oxygen atoms in total. The van der Waals surface area contributed by atoms with Crippen LogP contribution in [0.5, 0.6) is 5.75 Å². The largest absolute Gasteiger partial charge is 0.494 e. The molecule has 4 aromatic carbocycles. The highest BCUT2D eigenvalue weighted by Crippen LogP contribution is 2.30. The lowest BCUT2D eigenvalue weighted by molar-refractivity contribution is -0.113. The molecule has 1 aromatic heterocycles. The molecule has 0 spiro atoms. The average Bonchev–Trinajstić information content (AvgIpc) is 3.32. The van der Waals surface area contributed by atoms with E-state index in [1.165, 1.54) is 11.8 Å². The first-order valence-corrected chi connectivity index (χ1v) is 12.8. The second-order valence-electron chi connectivity index (χ2n) is 8.30. The fourth-order valence-corrected chi connectivity index (χ4v) is 4.83. The Kier molecular flexibility index (Phi) is 7.00. The topological polar surface area (TPSA) is 69.0 Å². The summed E-state index contributed by atoms with van der Waals surface area (Å²) in [5.41, 5.74) is 3.80. The molecule has 180 valence electrons. The summed E-state index contributed by atoms with van der Waals surface area (Å²) in [5.74, 6) is 1.62. The maximum Gasteiger partial charge on any atom is 0.234 e. The lowest BCUT2D eigenvalue weighted by Crippen LogP contribution is -2.14. The number of carbonyl (C=O) groups is 1. The standard InChI is InChI=1S/C29H26N4O2S/c1-3-35-24-16-14-23(15-17-24)33-28(22-11-6-8-20(2)18-22)31-32-29(33)36-19-27(34)30-26-13-7-10-21-9-4-5-12-25(21)26/h4-18H,3,19H2,1-2H3,(H,30,34). The van der Waals surface area contributed by atoms with E-state index in [0.29, 0.717) is 11.8 Å². The molecule has 1 amide bonds. The number of carbonyl (C=O) groups excluding carboxylic acids is 1. The number of benzene rings is 4. The number of aryl methyl sites for hydroxylation is 1. The van der Waals surface area contributed by atoms with Crippen LogP contribution >= 0.6 is 11.8 Å². The van der Waals surface area contributed by atoms with Crippen LogP contribution in [0.25, 0.3) is 27.8 Å². The minimum absolute atomic E-state index is 0.102. The van der Waals surface area contributed by atoms with Gasteiger partial charge in [0, 0.05) is 22.3 Å². The molecule has 5 rings (SSSR count). The van der Waals surface area contributed by atoms with Crippen LogP contribution in [0.1, 0.15) is 12.5 Å². The highest BCUT2D eigenvalue weighted by molar-refractivity contribution is 7.99. The van der Waals surface area contributed by atoms with Crippen LogP contribution in [-0.4, -0.2) is 33.0 Å². The van der Waals surface area contributed by atoms with Gasteiger partial charge in [-0.05, 0) is 55.6 Å². The molecule has 1 N–H and O–H groups in total. The Bertz CT molecular complexity index is 1510. The monoisotopic (exact) mass is 494 g/mol. The van der Waals surface area contributed by atoms with Crippen molar-refractivity contribution in [2.75, 3.05) is 17.7 Å². The Labute approximate surface area is 214 Å². The molecular weight excluding hydrogens is 468 g/mol. The van der Waals surface area contributed by atoms with E-state index in [1.807, 2.05) is 103 Å². The van der Waals surface area contributed by atoms with Crippen molar-refractivity contribution in [3.05, 3.63) is 96.6 Å². The molecule has 0 unspecified atom stereocenters. The number of thioether (sulfide) groups is 1. The smallest absolute Gasteiger partial charge is 0.234 e. The van der Waals surface area contributed by atoms with Crippen LogP contribution in [0, 0.1) is 6.92 Å². The van der Waals surface area contributed by atoms with E-state index in [9.17, 15) is 4.79 Å². The first kappa shape index (κ1) is 23.6. The summed E-state index contributed by atoms with van der Waals surface area (Å²) in [4.78, 5) is 12.9. The van der Waals surface area contributed by atoms with Crippen LogP contribution < -0.4 is 10.1 Å². The van der Waals surface area contributed by atoms with Gasteiger partial charge in [0.25, 0.3) is 0 Å². The Morgan fingerprint density at radius 2 is 1.72 bits per heavy atom. The quantitative estimate of drug-likeness (QED) is 0.249. The summed E-state index contributed by atoms with van der Waals surface area (Å²) in [6, 6.07) is 29.9. The van der Waals surface area contributed by atoms with E-state index in [4.69, 9.17) is 4.74 Å². The summed E-state index contributed by atoms with van der Waals surface area (Å²) in [6.45, 7) is 4.61. The molecule has 0 atom stereocenters. The Morgan fingerprint density at radius 1 is 0.944 bits per heavy atom. The molecule has 0 fully saturated rings. The van der Waals surface area contributed by atoms with Crippen LogP contribution in [0.2, 0.25) is 0 Å². The SMILES string of the molecule is CCOc1ccc(-n2c(SCC(=O)Nc3cccc4ccccc34)nnc2-c2cccc(C)c2)cc1. The van der Waals surface area contributed by atoms with Crippen molar-refractivity contribution in [3.8, 4) is 22.8 Å². The van der Waals surface area contributed by atoms with E-state index < -0.39 is 0 Å². The van der Waals surface area contributed by atoms with Crippen LogP contribution in [0.4, 0.5) is 5.69 Å². The second kappa shape index (κ2) is 10.7. The summed E-state index contributed by atoms with van der Waals surface area (Å²) < 4.78 is 7.59. The van der Waals surface area contributed by atoms with Crippen molar-refractivity contribution in [2.45, 2.75) is 19.0 Å². The number of hydrogen-bond donors (Lipinski definition) is 1. The van der Waals surface area contributed by atoms with Crippen molar-refractivity contribution in [2.24, 2.45) is 0 Å². The zero-order valence-corrected chi connectivity index (χ0v) is 21.0. The van der Waals surface area contributed by atoms with Gasteiger partial charge in [-0.2, -0.15) is 0 Å². The summed E-state index contributed by atoms with van der Waals surface area (Å²) in [6.07, 6.45) is 0. The third kappa shape index (κ3) is 5.11. The molecule has 0 saturated heterocycles. The Hall–Kier alpha value is -4.10. The van der Waals surface area contributed by atoms with Gasteiger partial charge in [0.2, 0.25) is 5.91 Å². The van der Waals surface area contributed by atoms with Gasteiger partial charge >= 0.3 is 0 Å². The molecule has 36 heavy (non-hydrogen) atoms. The van der Waals surface area contributed by atoms with Crippen LogP contribution in [0.3, 0.4) is 0 Å². The van der Waals surface area contributed by atoms with E-state index in [0.717, 1.165) is 44.8 Å². The van der Waals surface area contributed by atoms with Crippen molar-refractivity contribution in [1.29, 1.82) is 0 Å². The molecular formula is C29H26N4O2S. The zero-order chi connectivity index (χ0) is 24.9. The molecule has 1 heterocycles. The third-order valence-electron chi connectivity index (χ3n) is 5.71. The normalized spacial score (nSPS) is 10.9. The summed E-state index contributed by atoms with van der Waals surface area (Å²) in [5, 5.41) is 14.7. The van der Waals surface area contributed by atoms with Crippen molar-refractivity contribution in [1.82, 2.24) is 14.8 Å². The predicted octanol–water partition coefficient (Wildman–Crippen LogP) is 6.53. The molecule has 0 aliphatic rings. The highest BCUT2D eigenvalue weighted by Gasteiger charge is 2.18. The second-order valence-corrected chi connectivity index (χ2v) is 9.24. The maximum absolute atomic E-state index is 12.9. The maximum atomic E-state index is 12.9. The molecule has 0 aliphatic heterocycles. The summed E-state index contributed by atoms with van der Waals surface area (Å²) >= 11 is 1.35. The lowest BCUT2D eigenvalue weighted by atomic mass is 10.1. The number of aromatic nitrogens is 3. The van der Waals surface area contributed by atoms with Crippen molar-refractivity contribution in [3.63, 3.8) is 0 Å². The fraction of sp³-hybridized carbons (Fsp3) is 0.138. The molecule has 7 heteroatoms. The molecule has 0 saturated carbocycles. The lowest BCUT2D eigenvalue weighted by Gasteiger charge is -2.12. The minimum atomic E-state index is -0.102. The van der Waals surface area contributed by atoms with Crippen LogP contribution in [0.15, 0.2) is 96.2 Å². The first-order valence-electron chi connectivity index (χ1n) is 11.8. The van der Waals surface area contributed by atoms with Gasteiger partial charge in [-0.3, -0.25) is 9.36 Å². The molecule has 5 aromatic rings. The van der Waals surface area contributed by atoms with Crippen molar-refractivity contribution < 1.29 is 9.53 Å². The number of fused-ring (bicyclic) bond motifs is 1. The number of nitrogens with one attached hydrogen (secondary N) is 1. The molecule has 0 aliphatic carbocycles. The van der Waals surface area contributed by atoms with E-state index in [1.54, 1.807) is 0 Å². The number of nitrogens with zero attached hydrogens (tertiary/aromatic N) is 3. The van der Waals surface area contributed by atoms with Gasteiger partial charge < -0.3 is 10.1 Å². The third-order valence-corrected chi connectivity index (χ3v) is 6.64. The van der Waals surface area contributed by atoms with Gasteiger partial charge in [-0.1, -0.05) is 71.9 Å². The first-order chi connectivity index (χ1) is 17.6.